The first-order chi connectivity index (χ1) is 16.3. The normalized spacial score (nSPS) is 11.7. The minimum absolute atomic E-state index is 0.0304. The van der Waals surface area contributed by atoms with Gasteiger partial charge in [-0.05, 0) is 36.2 Å². The van der Waals surface area contributed by atoms with E-state index in [0.29, 0.717) is 5.56 Å². The van der Waals surface area contributed by atoms with E-state index >= 15 is 0 Å². The van der Waals surface area contributed by atoms with Gasteiger partial charge >= 0.3 is 5.97 Å². The molecule has 0 radical (unpaired) electrons. The molecule has 0 spiro atoms. The van der Waals surface area contributed by atoms with Gasteiger partial charge in [-0.1, -0.05) is 36.4 Å². The van der Waals surface area contributed by atoms with Gasteiger partial charge in [-0.25, -0.2) is 4.79 Å². The average Bonchev–Trinajstić information content (AvgIpc) is 2.84. The van der Waals surface area contributed by atoms with Gasteiger partial charge in [0, 0.05) is 23.8 Å². The standard InChI is InChI=1S/C23H18N4O7/c1-2-34-23(29)21(22(28)16-8-11-18(12-9-16)26(30)31)25-24-19-13-10-17(14-20(19)27(32)33)15-6-4-3-5-7-15/h3-14,28H,2H2,1H3. The van der Waals surface area contributed by atoms with Gasteiger partial charge in [-0.15, -0.1) is 10.2 Å². The summed E-state index contributed by atoms with van der Waals surface area (Å²) in [6.07, 6.45) is 0. The fourth-order valence-corrected chi connectivity index (χ4v) is 2.93. The largest absolute Gasteiger partial charge is 0.505 e. The Labute approximate surface area is 193 Å². The topological polar surface area (TPSA) is 158 Å². The van der Waals surface area contributed by atoms with E-state index in [2.05, 4.69) is 10.2 Å². The van der Waals surface area contributed by atoms with Crippen LogP contribution in [0.15, 0.2) is 88.7 Å². The number of nitro groups is 2. The fraction of sp³-hybridized carbons (Fsp3) is 0.0870. The van der Waals surface area contributed by atoms with Gasteiger partial charge < -0.3 is 9.84 Å². The Hall–Kier alpha value is -4.93. The first-order valence-corrected chi connectivity index (χ1v) is 9.92. The number of rotatable bonds is 8. The minimum atomic E-state index is -1.02. The second-order valence-corrected chi connectivity index (χ2v) is 6.75. The highest BCUT2D eigenvalue weighted by molar-refractivity contribution is 5.95. The van der Waals surface area contributed by atoms with Crippen molar-refractivity contribution in [2.75, 3.05) is 6.61 Å². The summed E-state index contributed by atoms with van der Waals surface area (Å²) >= 11 is 0. The summed E-state index contributed by atoms with van der Waals surface area (Å²) in [7, 11) is 0. The molecule has 0 saturated carbocycles. The van der Waals surface area contributed by atoms with E-state index < -0.39 is 27.3 Å². The van der Waals surface area contributed by atoms with Crippen molar-refractivity contribution < 1.29 is 24.5 Å². The van der Waals surface area contributed by atoms with Crippen LogP contribution < -0.4 is 0 Å². The number of non-ortho nitro benzene ring substituents is 1. The van der Waals surface area contributed by atoms with Crippen molar-refractivity contribution >= 4 is 28.8 Å². The molecule has 0 atom stereocenters. The smallest absolute Gasteiger partial charge is 0.362 e. The van der Waals surface area contributed by atoms with Crippen molar-refractivity contribution in [2.45, 2.75) is 6.92 Å². The molecule has 0 aromatic heterocycles. The number of esters is 1. The van der Waals surface area contributed by atoms with E-state index in [1.54, 1.807) is 37.3 Å². The van der Waals surface area contributed by atoms with Gasteiger partial charge in [0.1, 0.15) is 0 Å². The molecule has 0 aliphatic carbocycles. The van der Waals surface area contributed by atoms with Crippen LogP contribution in [0.25, 0.3) is 16.9 Å². The SMILES string of the molecule is CCOC(=O)C(N=Nc1ccc(-c2ccccc2)cc1[N+](=O)[O-])=C(O)c1ccc([N+](=O)[O-])cc1. The van der Waals surface area contributed by atoms with Crippen molar-refractivity contribution in [3.8, 4) is 11.1 Å². The Morgan fingerprint density at radius 1 is 0.941 bits per heavy atom. The lowest BCUT2D eigenvalue weighted by molar-refractivity contribution is -0.384. The molecular weight excluding hydrogens is 444 g/mol. The highest BCUT2D eigenvalue weighted by Crippen LogP contribution is 2.33. The molecular formula is C23H18N4O7. The van der Waals surface area contributed by atoms with Crippen LogP contribution in [0.5, 0.6) is 0 Å². The Kier molecular flexibility index (Phi) is 7.39. The van der Waals surface area contributed by atoms with Gasteiger partial charge in [0.2, 0.25) is 5.70 Å². The third kappa shape index (κ3) is 5.46. The number of aliphatic hydroxyl groups excluding tert-OH is 1. The van der Waals surface area contributed by atoms with Gasteiger partial charge in [0.15, 0.2) is 11.4 Å². The molecule has 0 unspecified atom stereocenters. The van der Waals surface area contributed by atoms with Crippen LogP contribution in [0.2, 0.25) is 0 Å². The summed E-state index contributed by atoms with van der Waals surface area (Å²) in [6.45, 7) is 1.51. The van der Waals surface area contributed by atoms with Crippen LogP contribution in [0.4, 0.5) is 17.1 Å². The lowest BCUT2D eigenvalue weighted by Crippen LogP contribution is -2.08. The summed E-state index contributed by atoms with van der Waals surface area (Å²) < 4.78 is 4.90. The minimum Gasteiger partial charge on any atom is -0.505 e. The molecule has 34 heavy (non-hydrogen) atoms. The zero-order chi connectivity index (χ0) is 24.7. The molecule has 3 aromatic carbocycles. The van der Waals surface area contributed by atoms with Crippen molar-refractivity contribution in [1.82, 2.24) is 0 Å². The number of aliphatic hydroxyl groups is 1. The second-order valence-electron chi connectivity index (χ2n) is 6.75. The molecule has 11 heteroatoms. The molecule has 3 rings (SSSR count). The van der Waals surface area contributed by atoms with Gasteiger partial charge in [-0.3, -0.25) is 20.2 Å². The summed E-state index contributed by atoms with van der Waals surface area (Å²) in [5.41, 5.74) is 0.0490. The highest BCUT2D eigenvalue weighted by Gasteiger charge is 2.21. The Morgan fingerprint density at radius 3 is 2.21 bits per heavy atom. The molecule has 0 saturated heterocycles. The zero-order valence-electron chi connectivity index (χ0n) is 17.8. The third-order valence-electron chi connectivity index (χ3n) is 4.58. The molecule has 0 amide bonds. The molecule has 172 valence electrons. The van der Waals surface area contributed by atoms with Gasteiger partial charge in [0.05, 0.1) is 16.5 Å². The summed E-state index contributed by atoms with van der Waals surface area (Å²) in [5, 5.41) is 40.6. The van der Waals surface area contributed by atoms with E-state index in [0.717, 1.165) is 17.7 Å². The number of nitro benzene ring substituents is 2. The van der Waals surface area contributed by atoms with E-state index in [1.165, 1.54) is 24.3 Å². The van der Waals surface area contributed by atoms with E-state index in [4.69, 9.17) is 4.74 Å². The first-order valence-electron chi connectivity index (χ1n) is 9.92. The second kappa shape index (κ2) is 10.6. The molecule has 0 fully saturated rings. The number of ether oxygens (including phenoxy) is 1. The van der Waals surface area contributed by atoms with Crippen molar-refractivity contribution in [3.63, 3.8) is 0 Å². The molecule has 0 heterocycles. The molecule has 0 bridgehead atoms. The van der Waals surface area contributed by atoms with E-state index in [-0.39, 0.29) is 29.2 Å². The lowest BCUT2D eigenvalue weighted by Gasteiger charge is -2.06. The predicted molar refractivity (Wildman–Crippen MR) is 122 cm³/mol. The van der Waals surface area contributed by atoms with Gasteiger partial charge in [-0.2, -0.15) is 0 Å². The first kappa shape index (κ1) is 23.7. The highest BCUT2D eigenvalue weighted by atomic mass is 16.6. The molecule has 0 aliphatic rings. The number of benzene rings is 3. The third-order valence-corrected chi connectivity index (χ3v) is 4.58. The van der Waals surface area contributed by atoms with Gasteiger partial charge in [0.25, 0.3) is 11.4 Å². The maximum Gasteiger partial charge on any atom is 0.362 e. The van der Waals surface area contributed by atoms with Crippen LogP contribution in [-0.4, -0.2) is 27.5 Å². The number of nitrogens with zero attached hydrogens (tertiary/aromatic N) is 4. The van der Waals surface area contributed by atoms with Crippen LogP contribution >= 0.6 is 0 Å². The number of azo groups is 1. The van der Waals surface area contributed by atoms with Crippen molar-refractivity contribution in [3.05, 3.63) is 104 Å². The van der Waals surface area contributed by atoms with Crippen LogP contribution in [0, 0.1) is 20.2 Å². The zero-order valence-corrected chi connectivity index (χ0v) is 17.8. The molecule has 3 aromatic rings. The number of hydrogen-bond donors (Lipinski definition) is 1. The maximum atomic E-state index is 12.4. The van der Waals surface area contributed by atoms with E-state index in [9.17, 15) is 30.1 Å². The van der Waals surface area contributed by atoms with E-state index in [1.807, 2.05) is 6.07 Å². The van der Waals surface area contributed by atoms with Crippen molar-refractivity contribution in [1.29, 1.82) is 0 Å². The molecule has 0 aliphatic heterocycles. The Morgan fingerprint density at radius 2 is 1.62 bits per heavy atom. The lowest BCUT2D eigenvalue weighted by atomic mass is 10.0. The average molecular weight is 462 g/mol. The number of carbonyl (C=O) groups is 1. The monoisotopic (exact) mass is 462 g/mol. The molecule has 11 nitrogen and oxygen atoms in total. The van der Waals surface area contributed by atoms with Crippen LogP contribution in [0.1, 0.15) is 12.5 Å². The maximum absolute atomic E-state index is 12.4. The number of carbonyl (C=O) groups excluding carboxylic acids is 1. The Balaban J connectivity index is 2.04. The number of hydrogen-bond acceptors (Lipinski definition) is 9. The van der Waals surface area contributed by atoms with Crippen LogP contribution in [0.3, 0.4) is 0 Å². The quantitative estimate of drug-likeness (QED) is 0.112. The fourth-order valence-electron chi connectivity index (χ4n) is 2.93. The predicted octanol–water partition coefficient (Wildman–Crippen LogP) is 5.74. The molecule has 1 N–H and O–H groups in total. The van der Waals surface area contributed by atoms with Crippen molar-refractivity contribution in [2.24, 2.45) is 10.2 Å². The summed E-state index contributed by atoms with van der Waals surface area (Å²) in [5.74, 6) is -1.67. The van der Waals surface area contributed by atoms with Crippen LogP contribution in [-0.2, 0) is 9.53 Å². The summed E-state index contributed by atoms with van der Waals surface area (Å²) in [4.78, 5) is 33.6. The summed E-state index contributed by atoms with van der Waals surface area (Å²) in [6, 6.07) is 18.0. The Bertz CT molecular complexity index is 1290.